The van der Waals surface area contributed by atoms with Gasteiger partial charge in [-0.25, -0.2) is 15.0 Å². The molecule has 11 aromatic rings. The van der Waals surface area contributed by atoms with Gasteiger partial charge in [-0.2, -0.15) is 0 Å². The second-order valence-electron chi connectivity index (χ2n) is 13.6. The van der Waals surface area contributed by atoms with Crippen LogP contribution in [-0.4, -0.2) is 15.0 Å². The smallest absolute Gasteiger partial charge is 0.164 e. The Bertz CT molecular complexity index is 3200. The van der Waals surface area contributed by atoms with Crippen molar-refractivity contribution >= 4 is 54.6 Å². The van der Waals surface area contributed by atoms with Crippen molar-refractivity contribution in [2.24, 2.45) is 0 Å². The quantitative estimate of drug-likeness (QED) is 0.180. The highest BCUT2D eigenvalue weighted by atomic mass is 16.3. The third kappa shape index (κ3) is 4.90. The number of nitrogens with zero attached hydrogens (tertiary/aromatic N) is 3. The van der Waals surface area contributed by atoms with E-state index in [-0.39, 0.29) is 0 Å². The zero-order valence-corrected chi connectivity index (χ0v) is 28.9. The van der Waals surface area contributed by atoms with Gasteiger partial charge in [-0.15, -0.1) is 0 Å². The fourth-order valence-corrected chi connectivity index (χ4v) is 7.72. The highest BCUT2D eigenvalue weighted by Gasteiger charge is 2.19. The van der Waals surface area contributed by atoms with Crippen molar-refractivity contribution in [3.63, 3.8) is 0 Å². The van der Waals surface area contributed by atoms with Gasteiger partial charge in [-0.3, -0.25) is 0 Å². The van der Waals surface area contributed by atoms with Gasteiger partial charge in [0.1, 0.15) is 22.3 Å². The van der Waals surface area contributed by atoms with E-state index in [1.807, 2.05) is 60.7 Å². The van der Waals surface area contributed by atoms with Crippen LogP contribution in [0.25, 0.3) is 111 Å². The molecule has 0 amide bonds. The van der Waals surface area contributed by atoms with E-state index in [0.29, 0.717) is 17.5 Å². The Kier molecular flexibility index (Phi) is 6.79. The van der Waals surface area contributed by atoms with E-state index >= 15 is 0 Å². The molecule has 0 N–H and O–H groups in total. The number of fused-ring (bicyclic) bond motifs is 8. The molecule has 5 heteroatoms. The molecule has 0 atom stereocenters. The Labute approximate surface area is 309 Å². The van der Waals surface area contributed by atoms with Gasteiger partial charge in [0.15, 0.2) is 17.5 Å². The van der Waals surface area contributed by atoms with Gasteiger partial charge < -0.3 is 8.83 Å². The van der Waals surface area contributed by atoms with Crippen LogP contribution >= 0.6 is 0 Å². The molecule has 0 aliphatic carbocycles. The topological polar surface area (TPSA) is 65.0 Å². The Balaban J connectivity index is 1.03. The first kappa shape index (κ1) is 30.3. The van der Waals surface area contributed by atoms with Crippen LogP contribution in [0.15, 0.2) is 185 Å². The van der Waals surface area contributed by atoms with Crippen LogP contribution in [0, 0.1) is 0 Å². The minimum Gasteiger partial charge on any atom is -0.456 e. The fraction of sp³-hybridized carbons (Fsp3) is 0. The van der Waals surface area contributed by atoms with E-state index in [4.69, 9.17) is 23.8 Å². The Hall–Kier alpha value is -7.37. The predicted octanol–water partition coefficient (Wildman–Crippen LogP) is 13.2. The lowest BCUT2D eigenvalue weighted by Gasteiger charge is -2.09. The van der Waals surface area contributed by atoms with Crippen molar-refractivity contribution in [1.29, 1.82) is 0 Å². The summed E-state index contributed by atoms with van der Waals surface area (Å²) in [5, 5.41) is 6.56. The molecule has 252 valence electrons. The first-order valence-corrected chi connectivity index (χ1v) is 18.0. The number of benzene rings is 8. The van der Waals surface area contributed by atoms with Crippen molar-refractivity contribution in [3.05, 3.63) is 176 Å². The lowest BCUT2D eigenvalue weighted by molar-refractivity contribution is 0.669. The van der Waals surface area contributed by atoms with E-state index in [9.17, 15) is 0 Å². The number of furan rings is 2. The highest BCUT2D eigenvalue weighted by Crippen LogP contribution is 2.42. The summed E-state index contributed by atoms with van der Waals surface area (Å²) in [6.07, 6.45) is 0. The van der Waals surface area contributed by atoms with Crippen molar-refractivity contribution < 1.29 is 8.83 Å². The van der Waals surface area contributed by atoms with Gasteiger partial charge in [-0.1, -0.05) is 146 Å². The van der Waals surface area contributed by atoms with Crippen LogP contribution in [0.3, 0.4) is 0 Å². The summed E-state index contributed by atoms with van der Waals surface area (Å²) < 4.78 is 12.9. The number of hydrogen-bond acceptors (Lipinski definition) is 5. The molecule has 3 heterocycles. The zero-order chi connectivity index (χ0) is 35.6. The molecule has 0 spiro atoms. The van der Waals surface area contributed by atoms with Crippen molar-refractivity contribution in [3.8, 4) is 56.4 Å². The third-order valence-corrected chi connectivity index (χ3v) is 10.3. The molecule has 0 fully saturated rings. The van der Waals surface area contributed by atoms with Crippen LogP contribution in [0.4, 0.5) is 0 Å². The van der Waals surface area contributed by atoms with Crippen molar-refractivity contribution in [2.45, 2.75) is 0 Å². The maximum absolute atomic E-state index is 6.80. The highest BCUT2D eigenvalue weighted by molar-refractivity contribution is 6.20. The van der Waals surface area contributed by atoms with E-state index in [2.05, 4.69) is 115 Å². The largest absolute Gasteiger partial charge is 0.456 e. The summed E-state index contributed by atoms with van der Waals surface area (Å²) >= 11 is 0. The van der Waals surface area contributed by atoms with E-state index in [1.165, 1.54) is 16.5 Å². The van der Waals surface area contributed by atoms with Gasteiger partial charge in [0.2, 0.25) is 0 Å². The van der Waals surface area contributed by atoms with Crippen LogP contribution in [0.1, 0.15) is 0 Å². The van der Waals surface area contributed by atoms with E-state index < -0.39 is 0 Å². The minimum absolute atomic E-state index is 0.601. The number of rotatable bonds is 5. The summed E-state index contributed by atoms with van der Waals surface area (Å²) in [5.41, 5.74) is 10.6. The molecule has 8 aromatic carbocycles. The fourth-order valence-electron chi connectivity index (χ4n) is 7.72. The van der Waals surface area contributed by atoms with Gasteiger partial charge in [0.25, 0.3) is 0 Å². The SMILES string of the molecule is c1ccc(-c2nc(-c3ccc(-c4cccc5c4oc4c6ccccc6c(-c6ccccc6)cc54)cc3)nc(-c3ccc4oc5ccccc5c4c3)n2)cc1. The maximum atomic E-state index is 6.80. The molecule has 3 aromatic heterocycles. The van der Waals surface area contributed by atoms with Crippen LogP contribution in [0.2, 0.25) is 0 Å². The molecule has 0 aliphatic rings. The van der Waals surface area contributed by atoms with Gasteiger partial charge in [0.05, 0.1) is 0 Å². The molecular formula is C49H29N3O2. The lowest BCUT2D eigenvalue weighted by atomic mass is 9.95. The van der Waals surface area contributed by atoms with Crippen molar-refractivity contribution in [1.82, 2.24) is 15.0 Å². The van der Waals surface area contributed by atoms with Gasteiger partial charge in [0, 0.05) is 49.2 Å². The molecule has 0 saturated carbocycles. The Morgan fingerprint density at radius 2 is 0.796 bits per heavy atom. The molecule has 0 bridgehead atoms. The summed E-state index contributed by atoms with van der Waals surface area (Å²) in [6, 6.07) is 60.4. The molecule has 0 saturated heterocycles. The molecule has 54 heavy (non-hydrogen) atoms. The molecule has 0 unspecified atom stereocenters. The third-order valence-electron chi connectivity index (χ3n) is 10.3. The monoisotopic (exact) mass is 691 g/mol. The number of hydrogen-bond donors (Lipinski definition) is 0. The second kappa shape index (κ2) is 12.1. The zero-order valence-electron chi connectivity index (χ0n) is 28.9. The van der Waals surface area contributed by atoms with Gasteiger partial charge in [-0.05, 0) is 52.4 Å². The summed E-state index contributed by atoms with van der Waals surface area (Å²) in [6.45, 7) is 0. The van der Waals surface area contributed by atoms with E-state index in [0.717, 1.165) is 77.1 Å². The normalized spacial score (nSPS) is 11.7. The minimum atomic E-state index is 0.601. The molecule has 11 rings (SSSR count). The molecule has 0 radical (unpaired) electrons. The van der Waals surface area contributed by atoms with Crippen LogP contribution < -0.4 is 0 Å². The molecule has 5 nitrogen and oxygen atoms in total. The van der Waals surface area contributed by atoms with Crippen molar-refractivity contribution in [2.75, 3.05) is 0 Å². The first-order valence-electron chi connectivity index (χ1n) is 18.0. The average molecular weight is 692 g/mol. The van der Waals surface area contributed by atoms with Crippen LogP contribution in [0.5, 0.6) is 0 Å². The lowest BCUT2D eigenvalue weighted by Crippen LogP contribution is -2.00. The van der Waals surface area contributed by atoms with E-state index in [1.54, 1.807) is 0 Å². The summed E-state index contributed by atoms with van der Waals surface area (Å²) in [4.78, 5) is 15.0. The standard InChI is InChI=1S/C49H29N3O2/c1-3-12-30(13-4-1)40-29-42-39-20-11-19-35(45(39)54-46(42)38-18-8-7-16-36(38)40)31-22-24-33(25-23-31)48-50-47(32-14-5-2-6-15-32)51-49(52-48)34-26-27-44-41(28-34)37-17-9-10-21-43(37)53-44/h1-29H. The predicted molar refractivity (Wildman–Crippen MR) is 219 cm³/mol. The average Bonchev–Trinajstić information content (AvgIpc) is 3.82. The Morgan fingerprint density at radius 3 is 1.56 bits per heavy atom. The summed E-state index contributed by atoms with van der Waals surface area (Å²) in [5.74, 6) is 1.82. The van der Waals surface area contributed by atoms with Crippen LogP contribution in [-0.2, 0) is 0 Å². The first-order chi connectivity index (χ1) is 26.7. The maximum Gasteiger partial charge on any atom is 0.164 e. The second-order valence-corrected chi connectivity index (χ2v) is 13.6. The molecular weight excluding hydrogens is 663 g/mol. The summed E-state index contributed by atoms with van der Waals surface area (Å²) in [7, 11) is 0. The Morgan fingerprint density at radius 1 is 0.278 bits per heavy atom. The molecule has 0 aliphatic heterocycles. The van der Waals surface area contributed by atoms with Gasteiger partial charge >= 0.3 is 0 Å². The number of aromatic nitrogens is 3. The number of para-hydroxylation sites is 2.